The normalized spacial score (nSPS) is 17.2. The summed E-state index contributed by atoms with van der Waals surface area (Å²) in [5.41, 5.74) is 1.78. The average molecular weight is 356 g/mol. The van der Waals surface area contributed by atoms with Crippen molar-refractivity contribution in [3.63, 3.8) is 0 Å². The zero-order valence-corrected chi connectivity index (χ0v) is 15.4. The van der Waals surface area contributed by atoms with Crippen molar-refractivity contribution in [3.05, 3.63) is 51.9 Å². The Morgan fingerprint density at radius 1 is 1.23 bits per heavy atom. The van der Waals surface area contributed by atoms with Gasteiger partial charge in [-0.2, -0.15) is 0 Å². The summed E-state index contributed by atoms with van der Waals surface area (Å²) in [5.74, 6) is -0.224. The number of rotatable bonds is 3. The number of aromatic nitrogens is 2. The third kappa shape index (κ3) is 3.56. The van der Waals surface area contributed by atoms with E-state index < -0.39 is 0 Å². The molecule has 26 heavy (non-hydrogen) atoms. The fourth-order valence-electron chi connectivity index (χ4n) is 3.27. The maximum absolute atomic E-state index is 12.8. The van der Waals surface area contributed by atoms with Gasteiger partial charge in [-0.05, 0) is 31.9 Å². The van der Waals surface area contributed by atoms with Gasteiger partial charge in [0.2, 0.25) is 5.91 Å². The molecule has 1 aromatic heterocycles. The van der Waals surface area contributed by atoms with Crippen LogP contribution in [-0.2, 0) is 4.79 Å². The molecule has 1 N–H and O–H groups in total. The first kappa shape index (κ1) is 18.0. The van der Waals surface area contributed by atoms with Crippen molar-refractivity contribution in [2.75, 3.05) is 20.1 Å². The minimum absolute atomic E-state index is 0.0103. The van der Waals surface area contributed by atoms with Crippen molar-refractivity contribution in [1.82, 2.24) is 19.6 Å². The van der Waals surface area contributed by atoms with E-state index in [1.807, 2.05) is 31.2 Å². The van der Waals surface area contributed by atoms with E-state index >= 15 is 0 Å². The molecular formula is C19H24N4O3. The smallest absolute Gasteiger partial charge is 0.272 e. The van der Waals surface area contributed by atoms with Crippen molar-refractivity contribution in [2.45, 2.75) is 32.7 Å². The van der Waals surface area contributed by atoms with Crippen LogP contribution < -0.4 is 5.56 Å². The van der Waals surface area contributed by atoms with E-state index in [4.69, 9.17) is 0 Å². The first-order valence-corrected chi connectivity index (χ1v) is 8.78. The van der Waals surface area contributed by atoms with Gasteiger partial charge in [-0.1, -0.05) is 17.7 Å². The quantitative estimate of drug-likeness (QED) is 0.906. The van der Waals surface area contributed by atoms with Gasteiger partial charge in [0.05, 0.1) is 5.69 Å². The van der Waals surface area contributed by atoms with Crippen LogP contribution in [-0.4, -0.2) is 57.6 Å². The summed E-state index contributed by atoms with van der Waals surface area (Å²) < 4.78 is 1.37. The summed E-state index contributed by atoms with van der Waals surface area (Å²) in [6, 6.07) is 8.84. The molecule has 1 aliphatic heterocycles. The van der Waals surface area contributed by atoms with Crippen LogP contribution in [0.1, 0.15) is 35.8 Å². The average Bonchev–Trinajstić information content (AvgIpc) is 3.03. The molecule has 3 rings (SSSR count). The van der Waals surface area contributed by atoms with Crippen LogP contribution in [0.4, 0.5) is 0 Å². The highest BCUT2D eigenvalue weighted by atomic mass is 16.2. The lowest BCUT2D eigenvalue weighted by Crippen LogP contribution is -2.49. The molecule has 2 amide bonds. The molecule has 2 aromatic rings. The summed E-state index contributed by atoms with van der Waals surface area (Å²) in [7, 11) is 1.76. The highest BCUT2D eigenvalue weighted by Gasteiger charge is 2.29. The SMILES string of the molecule is CC(=O)N(C)C1CCCN(C(=O)c2cc(=O)n(-c3ccc(C)cc3)[nH]2)C1. The van der Waals surface area contributed by atoms with E-state index in [-0.39, 0.29) is 29.1 Å². The van der Waals surface area contributed by atoms with Gasteiger partial charge in [-0.25, -0.2) is 4.68 Å². The second-order valence-corrected chi connectivity index (χ2v) is 6.86. The predicted octanol–water partition coefficient (Wildman–Crippen LogP) is 1.56. The lowest BCUT2D eigenvalue weighted by atomic mass is 10.0. The number of carbonyl (C=O) groups is 2. The lowest BCUT2D eigenvalue weighted by molar-refractivity contribution is -0.130. The monoisotopic (exact) mass is 356 g/mol. The first-order chi connectivity index (χ1) is 12.4. The Morgan fingerprint density at radius 2 is 1.92 bits per heavy atom. The molecule has 1 aromatic carbocycles. The van der Waals surface area contributed by atoms with Gasteiger partial charge in [0.25, 0.3) is 11.5 Å². The molecule has 1 fully saturated rings. The van der Waals surface area contributed by atoms with Crippen LogP contribution in [0.25, 0.3) is 5.69 Å². The van der Waals surface area contributed by atoms with Crippen LogP contribution in [0.15, 0.2) is 35.1 Å². The van der Waals surface area contributed by atoms with Gasteiger partial charge in [0.15, 0.2) is 0 Å². The molecule has 0 saturated carbocycles. The molecule has 0 radical (unpaired) electrons. The van der Waals surface area contributed by atoms with E-state index in [0.717, 1.165) is 18.4 Å². The largest absolute Gasteiger partial charge is 0.341 e. The van der Waals surface area contributed by atoms with Crippen molar-refractivity contribution in [3.8, 4) is 5.69 Å². The van der Waals surface area contributed by atoms with E-state index in [1.165, 1.54) is 17.7 Å². The van der Waals surface area contributed by atoms with Crippen LogP contribution in [0.5, 0.6) is 0 Å². The second-order valence-electron chi connectivity index (χ2n) is 6.86. The molecule has 7 heteroatoms. The van der Waals surface area contributed by atoms with Crippen LogP contribution >= 0.6 is 0 Å². The Hall–Kier alpha value is -2.83. The number of piperidine rings is 1. The van der Waals surface area contributed by atoms with Crippen molar-refractivity contribution < 1.29 is 9.59 Å². The number of hydrogen-bond acceptors (Lipinski definition) is 3. The molecule has 1 saturated heterocycles. The van der Waals surface area contributed by atoms with Gasteiger partial charge in [-0.3, -0.25) is 19.5 Å². The Morgan fingerprint density at radius 3 is 2.58 bits per heavy atom. The first-order valence-electron chi connectivity index (χ1n) is 8.78. The number of carbonyl (C=O) groups excluding carboxylic acids is 2. The summed E-state index contributed by atoms with van der Waals surface area (Å²) in [6.45, 7) is 4.60. The summed E-state index contributed by atoms with van der Waals surface area (Å²) in [4.78, 5) is 40.1. The minimum atomic E-state index is -0.272. The van der Waals surface area contributed by atoms with Crippen LogP contribution in [0.2, 0.25) is 0 Å². The third-order valence-electron chi connectivity index (χ3n) is 4.97. The Bertz CT molecular complexity index is 866. The Labute approximate surface area is 152 Å². The molecule has 1 atom stereocenters. The number of benzene rings is 1. The second kappa shape index (κ2) is 7.19. The number of H-pyrrole nitrogens is 1. The molecule has 2 heterocycles. The van der Waals surface area contributed by atoms with Gasteiger partial charge in [-0.15, -0.1) is 0 Å². The summed E-state index contributed by atoms with van der Waals surface area (Å²) in [6.07, 6.45) is 1.71. The lowest BCUT2D eigenvalue weighted by Gasteiger charge is -2.37. The number of aromatic amines is 1. The summed E-state index contributed by atoms with van der Waals surface area (Å²) >= 11 is 0. The molecule has 138 valence electrons. The van der Waals surface area contributed by atoms with Gasteiger partial charge < -0.3 is 9.80 Å². The molecular weight excluding hydrogens is 332 g/mol. The molecule has 0 aliphatic carbocycles. The highest BCUT2D eigenvalue weighted by molar-refractivity contribution is 5.92. The molecule has 0 spiro atoms. The highest BCUT2D eigenvalue weighted by Crippen LogP contribution is 2.17. The zero-order valence-electron chi connectivity index (χ0n) is 15.4. The van der Waals surface area contributed by atoms with E-state index in [9.17, 15) is 14.4 Å². The number of aryl methyl sites for hydroxylation is 1. The molecule has 1 unspecified atom stereocenters. The van der Waals surface area contributed by atoms with E-state index in [2.05, 4.69) is 5.10 Å². The van der Waals surface area contributed by atoms with Gasteiger partial charge in [0.1, 0.15) is 5.69 Å². The van der Waals surface area contributed by atoms with E-state index in [1.54, 1.807) is 16.8 Å². The fraction of sp³-hybridized carbons (Fsp3) is 0.421. The predicted molar refractivity (Wildman–Crippen MR) is 98.5 cm³/mol. The van der Waals surface area contributed by atoms with Gasteiger partial charge in [0, 0.05) is 39.2 Å². The number of nitrogens with zero attached hydrogens (tertiary/aromatic N) is 3. The Kier molecular flexibility index (Phi) is 4.97. The van der Waals surface area contributed by atoms with E-state index in [0.29, 0.717) is 18.8 Å². The number of nitrogens with one attached hydrogen (secondary N) is 1. The maximum atomic E-state index is 12.8. The van der Waals surface area contributed by atoms with Crippen LogP contribution in [0.3, 0.4) is 0 Å². The zero-order chi connectivity index (χ0) is 18.8. The van der Waals surface area contributed by atoms with Gasteiger partial charge >= 0.3 is 0 Å². The van der Waals surface area contributed by atoms with Crippen molar-refractivity contribution in [1.29, 1.82) is 0 Å². The fourth-order valence-corrected chi connectivity index (χ4v) is 3.27. The number of likely N-dealkylation sites (N-methyl/N-ethyl adjacent to an activating group) is 1. The number of hydrogen-bond donors (Lipinski definition) is 1. The maximum Gasteiger partial charge on any atom is 0.272 e. The molecule has 7 nitrogen and oxygen atoms in total. The minimum Gasteiger partial charge on any atom is -0.341 e. The Balaban J connectivity index is 1.80. The van der Waals surface area contributed by atoms with Crippen molar-refractivity contribution in [2.24, 2.45) is 0 Å². The van der Waals surface area contributed by atoms with Crippen LogP contribution in [0, 0.1) is 6.92 Å². The summed E-state index contributed by atoms with van der Waals surface area (Å²) in [5, 5.41) is 2.91. The molecule has 0 bridgehead atoms. The third-order valence-corrected chi connectivity index (χ3v) is 4.97. The number of likely N-dealkylation sites (tertiary alicyclic amines) is 1. The van der Waals surface area contributed by atoms with Crippen molar-refractivity contribution >= 4 is 11.8 Å². The topological polar surface area (TPSA) is 78.4 Å². The molecule has 1 aliphatic rings. The number of amides is 2. The standard InChI is InChI=1S/C19H24N4O3/c1-13-6-8-15(9-7-13)23-18(25)11-17(20-23)19(26)22-10-4-5-16(12-22)21(3)14(2)24/h6-9,11,16,20H,4-5,10,12H2,1-3H3.